The Bertz CT molecular complexity index is 1120. The van der Waals surface area contributed by atoms with Gasteiger partial charge in [-0.2, -0.15) is 20.1 Å². The number of hydrogen-bond donors (Lipinski definition) is 2. The van der Waals surface area contributed by atoms with Crippen LogP contribution in [0.3, 0.4) is 0 Å². The van der Waals surface area contributed by atoms with Crippen LogP contribution in [0.5, 0.6) is 0 Å². The molecule has 1 unspecified atom stereocenters. The zero-order valence-electron chi connectivity index (χ0n) is 17.0. The summed E-state index contributed by atoms with van der Waals surface area (Å²) in [7, 11) is 0. The molecule has 0 radical (unpaired) electrons. The van der Waals surface area contributed by atoms with Crippen LogP contribution in [-0.4, -0.2) is 31.7 Å². The fourth-order valence-corrected chi connectivity index (χ4v) is 4.31. The van der Waals surface area contributed by atoms with E-state index in [1.807, 2.05) is 11.0 Å². The van der Waals surface area contributed by atoms with Crippen molar-refractivity contribution < 1.29 is 8.78 Å². The van der Waals surface area contributed by atoms with Gasteiger partial charge in [0.05, 0.1) is 6.04 Å². The molecule has 31 heavy (non-hydrogen) atoms. The van der Waals surface area contributed by atoms with Crippen molar-refractivity contribution in [2.45, 2.75) is 56.4 Å². The number of nitrogens with zero attached hydrogens (tertiary/aromatic N) is 5. The number of H-pyrrole nitrogens is 1. The molecule has 3 aliphatic rings. The Balaban J connectivity index is 1.32. The summed E-state index contributed by atoms with van der Waals surface area (Å²) in [5, 5.41) is 10.6. The molecule has 2 aliphatic carbocycles. The number of benzene rings is 1. The summed E-state index contributed by atoms with van der Waals surface area (Å²) >= 11 is 0. The van der Waals surface area contributed by atoms with Crippen LogP contribution in [0.2, 0.25) is 0 Å². The number of halogens is 2. The monoisotopic (exact) mass is 423 g/mol. The van der Waals surface area contributed by atoms with Gasteiger partial charge in [-0.25, -0.2) is 8.78 Å². The molecule has 1 saturated heterocycles. The molecule has 7 nitrogen and oxygen atoms in total. The van der Waals surface area contributed by atoms with Gasteiger partial charge in [0.25, 0.3) is 0 Å². The van der Waals surface area contributed by atoms with Gasteiger partial charge in [0.2, 0.25) is 11.9 Å². The first-order valence-electron chi connectivity index (χ1n) is 10.9. The molecule has 6 rings (SSSR count). The summed E-state index contributed by atoms with van der Waals surface area (Å²) in [6, 6.07) is 5.55. The maximum Gasteiger partial charge on any atom is 0.233 e. The summed E-state index contributed by atoms with van der Waals surface area (Å²) in [6.07, 6.45) is 6.16. The second kappa shape index (κ2) is 7.25. The molecular weight excluding hydrogens is 400 g/mol. The van der Waals surface area contributed by atoms with E-state index < -0.39 is 11.6 Å². The van der Waals surface area contributed by atoms with E-state index in [9.17, 15) is 8.78 Å². The van der Waals surface area contributed by atoms with Gasteiger partial charge in [-0.1, -0.05) is 6.07 Å². The standard InChI is InChI=1S/C22H23F2N7/c23-14-7-8-15(16(24)10-14)18-2-1-9-31(18)22-27-20(13-5-6-13)26-21(28-22)25-19-11-17(29-30-19)12-3-4-12/h7-8,10-13,18H,1-6,9H2,(H2,25,26,27,28,29,30). The van der Waals surface area contributed by atoms with Gasteiger partial charge in [0.1, 0.15) is 17.5 Å². The predicted molar refractivity (Wildman–Crippen MR) is 111 cm³/mol. The number of aromatic nitrogens is 5. The molecule has 160 valence electrons. The van der Waals surface area contributed by atoms with Gasteiger partial charge in [0.15, 0.2) is 5.82 Å². The highest BCUT2D eigenvalue weighted by Crippen LogP contribution is 2.42. The maximum atomic E-state index is 14.5. The molecular formula is C22H23F2N7. The topological polar surface area (TPSA) is 82.6 Å². The zero-order valence-corrected chi connectivity index (χ0v) is 17.0. The molecule has 3 aromatic rings. The Morgan fingerprint density at radius 1 is 0.968 bits per heavy atom. The number of hydrogen-bond acceptors (Lipinski definition) is 6. The Labute approximate surface area is 178 Å². The van der Waals surface area contributed by atoms with Crippen LogP contribution in [0.15, 0.2) is 24.3 Å². The summed E-state index contributed by atoms with van der Waals surface area (Å²) in [5.74, 6) is 2.24. The first-order valence-corrected chi connectivity index (χ1v) is 10.9. The molecule has 0 amide bonds. The van der Waals surface area contributed by atoms with E-state index in [2.05, 4.69) is 25.5 Å². The Morgan fingerprint density at radius 2 is 1.81 bits per heavy atom. The average Bonchev–Trinajstić information content (AvgIpc) is 3.68. The molecule has 2 N–H and O–H groups in total. The third-order valence-corrected chi connectivity index (χ3v) is 6.27. The lowest BCUT2D eigenvalue weighted by Gasteiger charge is -2.26. The van der Waals surface area contributed by atoms with Crippen molar-refractivity contribution in [3.8, 4) is 0 Å². The SMILES string of the molecule is Fc1ccc(C2CCCN2c2nc(Nc3cc(C4CC4)[nH]n3)nc(C3CC3)n2)c(F)c1. The molecule has 0 bridgehead atoms. The van der Waals surface area contributed by atoms with Crippen molar-refractivity contribution in [1.82, 2.24) is 25.1 Å². The molecule has 2 saturated carbocycles. The summed E-state index contributed by atoms with van der Waals surface area (Å²) in [6.45, 7) is 0.712. The van der Waals surface area contributed by atoms with Gasteiger partial charge < -0.3 is 10.2 Å². The van der Waals surface area contributed by atoms with Crippen molar-refractivity contribution in [3.63, 3.8) is 0 Å². The smallest absolute Gasteiger partial charge is 0.233 e. The van der Waals surface area contributed by atoms with Crippen molar-refractivity contribution in [2.75, 3.05) is 16.8 Å². The lowest BCUT2D eigenvalue weighted by molar-refractivity contribution is 0.552. The van der Waals surface area contributed by atoms with Crippen LogP contribution in [0.1, 0.15) is 73.5 Å². The number of anilines is 3. The quantitative estimate of drug-likeness (QED) is 0.597. The van der Waals surface area contributed by atoms with Crippen LogP contribution >= 0.6 is 0 Å². The van der Waals surface area contributed by atoms with Gasteiger partial charge in [0, 0.05) is 41.8 Å². The van der Waals surface area contributed by atoms with E-state index in [-0.39, 0.29) is 6.04 Å². The molecule has 1 aliphatic heterocycles. The van der Waals surface area contributed by atoms with Gasteiger partial charge in [-0.05, 0) is 44.6 Å². The maximum absolute atomic E-state index is 14.5. The number of aromatic amines is 1. The normalized spacial score (nSPS) is 21.0. The minimum Gasteiger partial charge on any atom is -0.334 e. The van der Waals surface area contributed by atoms with E-state index in [0.29, 0.717) is 41.7 Å². The second-order valence-corrected chi connectivity index (χ2v) is 8.72. The van der Waals surface area contributed by atoms with Crippen molar-refractivity contribution in [1.29, 1.82) is 0 Å². The first-order chi connectivity index (χ1) is 15.1. The van der Waals surface area contributed by atoms with E-state index in [0.717, 1.165) is 43.3 Å². The minimum absolute atomic E-state index is 0.227. The highest BCUT2D eigenvalue weighted by Gasteiger charge is 2.33. The van der Waals surface area contributed by atoms with E-state index in [4.69, 9.17) is 4.98 Å². The van der Waals surface area contributed by atoms with Crippen LogP contribution in [-0.2, 0) is 0 Å². The Morgan fingerprint density at radius 3 is 2.58 bits per heavy atom. The third-order valence-electron chi connectivity index (χ3n) is 6.27. The van der Waals surface area contributed by atoms with Gasteiger partial charge in [-0.3, -0.25) is 5.10 Å². The average molecular weight is 423 g/mol. The van der Waals surface area contributed by atoms with Crippen LogP contribution < -0.4 is 10.2 Å². The second-order valence-electron chi connectivity index (χ2n) is 8.72. The lowest BCUT2D eigenvalue weighted by atomic mass is 10.0. The van der Waals surface area contributed by atoms with Gasteiger partial charge in [-0.15, -0.1) is 0 Å². The molecule has 2 aromatic heterocycles. The molecule has 3 heterocycles. The molecule has 1 atom stereocenters. The van der Waals surface area contributed by atoms with Crippen molar-refractivity contribution >= 4 is 17.7 Å². The molecule has 1 aromatic carbocycles. The van der Waals surface area contributed by atoms with E-state index in [1.54, 1.807) is 0 Å². The number of nitrogens with one attached hydrogen (secondary N) is 2. The highest BCUT2D eigenvalue weighted by molar-refractivity contribution is 5.51. The van der Waals surface area contributed by atoms with E-state index >= 15 is 0 Å². The third kappa shape index (κ3) is 3.73. The number of rotatable bonds is 6. The summed E-state index contributed by atoms with van der Waals surface area (Å²) < 4.78 is 27.9. The van der Waals surface area contributed by atoms with Crippen LogP contribution in [0.4, 0.5) is 26.5 Å². The highest BCUT2D eigenvalue weighted by atomic mass is 19.1. The zero-order chi connectivity index (χ0) is 20.9. The van der Waals surface area contributed by atoms with Gasteiger partial charge >= 0.3 is 0 Å². The Kier molecular flexibility index (Phi) is 4.36. The minimum atomic E-state index is -0.571. The molecule has 0 spiro atoms. The van der Waals surface area contributed by atoms with Crippen LogP contribution in [0, 0.1) is 11.6 Å². The van der Waals surface area contributed by atoms with Crippen molar-refractivity contribution in [3.05, 3.63) is 53.0 Å². The van der Waals surface area contributed by atoms with Crippen LogP contribution in [0.25, 0.3) is 0 Å². The van der Waals surface area contributed by atoms with E-state index in [1.165, 1.54) is 25.0 Å². The predicted octanol–water partition coefficient (Wildman–Crippen LogP) is 4.71. The summed E-state index contributed by atoms with van der Waals surface area (Å²) in [5.41, 5.74) is 1.61. The first kappa shape index (κ1) is 18.7. The lowest BCUT2D eigenvalue weighted by Crippen LogP contribution is -2.26. The fraction of sp³-hybridized carbons (Fsp3) is 0.455. The largest absolute Gasteiger partial charge is 0.334 e. The Hall–Kier alpha value is -3.10. The molecule has 3 fully saturated rings. The fourth-order valence-electron chi connectivity index (χ4n) is 4.31. The molecule has 9 heteroatoms. The van der Waals surface area contributed by atoms with Crippen molar-refractivity contribution in [2.24, 2.45) is 0 Å². The summed E-state index contributed by atoms with van der Waals surface area (Å²) in [4.78, 5) is 16.0.